The Kier molecular flexibility index (Phi) is 4.62. The molecule has 1 saturated heterocycles. The molecule has 0 aliphatic carbocycles. The maximum absolute atomic E-state index is 10.7. The van der Waals surface area contributed by atoms with Crippen molar-refractivity contribution >= 4 is 29.3 Å². The summed E-state index contributed by atoms with van der Waals surface area (Å²) in [5.74, 6) is -0.333. The number of nitrogens with zero attached hydrogens (tertiary/aromatic N) is 1. The fraction of sp³-hybridized carbons (Fsp3) is 0.471. The summed E-state index contributed by atoms with van der Waals surface area (Å²) in [5.41, 5.74) is 2.08. The number of para-hydroxylation sites is 1. The van der Waals surface area contributed by atoms with Crippen LogP contribution < -0.4 is 4.90 Å². The lowest BCUT2D eigenvalue weighted by molar-refractivity contribution is -0.131. The second kappa shape index (κ2) is 6.10. The molecule has 2 rings (SSSR count). The Morgan fingerprint density at radius 2 is 2.14 bits per heavy atom. The lowest BCUT2D eigenvalue weighted by Crippen LogP contribution is -2.26. The molecule has 1 aliphatic heterocycles. The van der Waals surface area contributed by atoms with Crippen LogP contribution >= 0.6 is 11.6 Å². The maximum Gasteiger partial charge on any atom is 0.328 e. The van der Waals surface area contributed by atoms with Crippen molar-refractivity contribution in [3.63, 3.8) is 0 Å². The molecule has 21 heavy (non-hydrogen) atoms. The maximum atomic E-state index is 10.7. The van der Waals surface area contributed by atoms with Gasteiger partial charge in [-0.3, -0.25) is 0 Å². The van der Waals surface area contributed by atoms with E-state index < -0.39 is 5.97 Å². The van der Waals surface area contributed by atoms with Gasteiger partial charge in [-0.1, -0.05) is 44.5 Å². The molecule has 1 aliphatic rings. The van der Waals surface area contributed by atoms with Crippen LogP contribution in [-0.2, 0) is 4.79 Å². The van der Waals surface area contributed by atoms with Crippen LogP contribution in [0, 0.1) is 11.3 Å². The van der Waals surface area contributed by atoms with Gasteiger partial charge in [0.25, 0.3) is 0 Å². The first-order chi connectivity index (χ1) is 9.79. The summed E-state index contributed by atoms with van der Waals surface area (Å²) in [4.78, 5) is 13.0. The van der Waals surface area contributed by atoms with Crippen molar-refractivity contribution in [2.75, 3.05) is 18.0 Å². The Balaban J connectivity index is 2.30. The van der Waals surface area contributed by atoms with E-state index in [4.69, 9.17) is 16.7 Å². The van der Waals surface area contributed by atoms with Crippen LogP contribution in [-0.4, -0.2) is 24.2 Å². The van der Waals surface area contributed by atoms with E-state index >= 15 is 0 Å². The van der Waals surface area contributed by atoms with Gasteiger partial charge in [0.05, 0.1) is 10.7 Å². The predicted molar refractivity (Wildman–Crippen MR) is 87.9 cm³/mol. The Morgan fingerprint density at radius 1 is 1.43 bits per heavy atom. The molecule has 4 heteroatoms. The highest BCUT2D eigenvalue weighted by atomic mass is 35.5. The minimum absolute atomic E-state index is 0.271. The van der Waals surface area contributed by atoms with Gasteiger partial charge < -0.3 is 10.0 Å². The van der Waals surface area contributed by atoms with Gasteiger partial charge in [0.15, 0.2) is 0 Å². The van der Waals surface area contributed by atoms with Gasteiger partial charge in [-0.25, -0.2) is 4.79 Å². The zero-order valence-electron chi connectivity index (χ0n) is 12.8. The quantitative estimate of drug-likeness (QED) is 0.846. The fourth-order valence-corrected chi connectivity index (χ4v) is 3.13. The summed E-state index contributed by atoms with van der Waals surface area (Å²) < 4.78 is 0. The van der Waals surface area contributed by atoms with E-state index in [1.54, 1.807) is 6.08 Å². The van der Waals surface area contributed by atoms with Crippen molar-refractivity contribution in [3.05, 3.63) is 34.9 Å². The first-order valence-electron chi connectivity index (χ1n) is 7.23. The van der Waals surface area contributed by atoms with Crippen molar-refractivity contribution < 1.29 is 9.90 Å². The van der Waals surface area contributed by atoms with Crippen LogP contribution in [0.4, 0.5) is 5.69 Å². The molecule has 0 saturated carbocycles. The number of hydrogen-bond donors (Lipinski definition) is 1. The third-order valence-corrected chi connectivity index (χ3v) is 4.46. The van der Waals surface area contributed by atoms with Crippen LogP contribution in [0.1, 0.15) is 32.8 Å². The second-order valence-corrected chi connectivity index (χ2v) is 7.05. The van der Waals surface area contributed by atoms with E-state index in [-0.39, 0.29) is 5.41 Å². The van der Waals surface area contributed by atoms with Crippen molar-refractivity contribution in [1.82, 2.24) is 0 Å². The largest absolute Gasteiger partial charge is 0.478 e. The van der Waals surface area contributed by atoms with Crippen molar-refractivity contribution in [2.24, 2.45) is 11.3 Å². The standard InChI is InChI=1S/C17H22ClNO2/c1-17(2,3)13-9-10-19(11-13)16-12(7-8-15(20)21)5-4-6-14(16)18/h4-8,13H,9-11H2,1-3H3,(H,20,21)/b8-7+. The molecule has 1 unspecified atom stereocenters. The number of carbonyl (C=O) groups is 1. The highest BCUT2D eigenvalue weighted by molar-refractivity contribution is 6.33. The molecule has 0 bridgehead atoms. The molecule has 1 N–H and O–H groups in total. The van der Waals surface area contributed by atoms with Gasteiger partial charge >= 0.3 is 5.97 Å². The lowest BCUT2D eigenvalue weighted by Gasteiger charge is -2.28. The van der Waals surface area contributed by atoms with Crippen LogP contribution in [0.5, 0.6) is 0 Å². The lowest BCUT2D eigenvalue weighted by atomic mass is 9.80. The first-order valence-corrected chi connectivity index (χ1v) is 7.61. The first kappa shape index (κ1) is 15.9. The number of rotatable bonds is 3. The van der Waals surface area contributed by atoms with Gasteiger partial charge in [0.2, 0.25) is 0 Å². The number of halogens is 1. The molecule has 1 aromatic rings. The van der Waals surface area contributed by atoms with Crippen molar-refractivity contribution in [2.45, 2.75) is 27.2 Å². The molecule has 0 spiro atoms. The van der Waals surface area contributed by atoms with Crippen molar-refractivity contribution in [3.8, 4) is 0 Å². The Hall–Kier alpha value is -1.48. The molecular weight excluding hydrogens is 286 g/mol. The molecule has 0 aromatic heterocycles. The van der Waals surface area contributed by atoms with Crippen LogP contribution in [0.15, 0.2) is 24.3 Å². The average molecular weight is 308 g/mol. The smallest absolute Gasteiger partial charge is 0.328 e. The van der Waals surface area contributed by atoms with Gasteiger partial charge in [-0.15, -0.1) is 0 Å². The number of anilines is 1. The molecule has 0 radical (unpaired) electrons. The monoisotopic (exact) mass is 307 g/mol. The molecule has 0 amide bonds. The molecule has 1 aromatic carbocycles. The molecule has 3 nitrogen and oxygen atoms in total. The third-order valence-electron chi connectivity index (χ3n) is 4.15. The molecule has 1 fully saturated rings. The Morgan fingerprint density at radius 3 is 2.71 bits per heavy atom. The van der Waals surface area contributed by atoms with Crippen LogP contribution in [0.3, 0.4) is 0 Å². The van der Waals surface area contributed by atoms with E-state index in [0.29, 0.717) is 10.9 Å². The Bertz CT molecular complexity index is 560. The molecule has 1 atom stereocenters. The topological polar surface area (TPSA) is 40.5 Å². The van der Waals surface area contributed by atoms with Gasteiger partial charge in [0, 0.05) is 19.2 Å². The number of benzene rings is 1. The van der Waals surface area contributed by atoms with Gasteiger partial charge in [-0.2, -0.15) is 0 Å². The van der Waals surface area contributed by atoms with Gasteiger partial charge in [-0.05, 0) is 35.5 Å². The summed E-state index contributed by atoms with van der Waals surface area (Å²) >= 11 is 6.36. The molecule has 1 heterocycles. The van der Waals surface area contributed by atoms with E-state index in [2.05, 4.69) is 25.7 Å². The fourth-order valence-electron chi connectivity index (χ4n) is 2.83. The zero-order chi connectivity index (χ0) is 15.6. The number of hydrogen-bond acceptors (Lipinski definition) is 2. The highest BCUT2D eigenvalue weighted by Crippen LogP contribution is 2.39. The summed E-state index contributed by atoms with van der Waals surface area (Å²) in [6.45, 7) is 8.71. The van der Waals surface area contributed by atoms with E-state index in [1.807, 2.05) is 18.2 Å². The van der Waals surface area contributed by atoms with Crippen LogP contribution in [0.2, 0.25) is 5.02 Å². The Labute approximate surface area is 131 Å². The molecule has 114 valence electrons. The SMILES string of the molecule is CC(C)(C)C1CCN(c2c(Cl)cccc2/C=C/C(=O)O)C1. The summed E-state index contributed by atoms with van der Waals surface area (Å²) in [6.07, 6.45) is 3.91. The van der Waals surface area contributed by atoms with E-state index in [0.717, 1.165) is 36.8 Å². The van der Waals surface area contributed by atoms with Crippen LogP contribution in [0.25, 0.3) is 6.08 Å². The number of aliphatic carboxylic acids is 1. The van der Waals surface area contributed by atoms with Crippen molar-refractivity contribution in [1.29, 1.82) is 0 Å². The minimum atomic E-state index is -0.949. The molecular formula is C17H22ClNO2. The second-order valence-electron chi connectivity index (χ2n) is 6.65. The zero-order valence-corrected chi connectivity index (χ0v) is 13.5. The summed E-state index contributed by atoms with van der Waals surface area (Å²) in [6, 6.07) is 5.62. The summed E-state index contributed by atoms with van der Waals surface area (Å²) in [7, 11) is 0. The normalized spacial score (nSPS) is 19.4. The average Bonchev–Trinajstić information content (AvgIpc) is 2.85. The van der Waals surface area contributed by atoms with E-state index in [1.165, 1.54) is 0 Å². The summed E-state index contributed by atoms with van der Waals surface area (Å²) in [5, 5.41) is 9.49. The number of carboxylic acid groups (broad SMARTS) is 1. The third kappa shape index (κ3) is 3.79. The number of carboxylic acids is 1. The highest BCUT2D eigenvalue weighted by Gasteiger charge is 2.33. The van der Waals surface area contributed by atoms with Gasteiger partial charge in [0.1, 0.15) is 0 Å². The van der Waals surface area contributed by atoms with E-state index in [9.17, 15) is 4.79 Å². The minimum Gasteiger partial charge on any atom is -0.478 e. The predicted octanol–water partition coefficient (Wildman–Crippen LogP) is 4.31.